The van der Waals surface area contributed by atoms with E-state index in [1.165, 1.54) is 25.6 Å². The number of amides is 3. The van der Waals surface area contributed by atoms with Crippen LogP contribution in [0, 0.1) is 5.82 Å². The molecule has 3 aromatic rings. The number of piperidine rings is 1. The second-order valence-corrected chi connectivity index (χ2v) is 10.6. The van der Waals surface area contributed by atoms with Crippen LogP contribution in [0.2, 0.25) is 0 Å². The van der Waals surface area contributed by atoms with Gasteiger partial charge < -0.3 is 29.7 Å². The van der Waals surface area contributed by atoms with E-state index in [0.29, 0.717) is 55.8 Å². The van der Waals surface area contributed by atoms with Crippen LogP contribution in [-0.2, 0) is 33.9 Å². The van der Waals surface area contributed by atoms with E-state index in [0.717, 1.165) is 5.56 Å². The highest BCUT2D eigenvalue weighted by Crippen LogP contribution is 2.29. The fraction of sp³-hybridized carbons (Fsp3) is 0.433. The van der Waals surface area contributed by atoms with Crippen molar-refractivity contribution in [2.24, 2.45) is 0 Å². The highest BCUT2D eigenvalue weighted by Gasteiger charge is 2.34. The third kappa shape index (κ3) is 8.21. The van der Waals surface area contributed by atoms with Crippen molar-refractivity contribution in [2.75, 3.05) is 26.8 Å². The van der Waals surface area contributed by atoms with Crippen molar-refractivity contribution in [3.63, 3.8) is 0 Å². The minimum atomic E-state index is -0.581. The van der Waals surface area contributed by atoms with E-state index in [9.17, 15) is 18.8 Å². The number of nitrogens with zero attached hydrogens (tertiary/aromatic N) is 4. The van der Waals surface area contributed by atoms with Gasteiger partial charge in [-0.2, -0.15) is 5.10 Å². The minimum Gasteiger partial charge on any atom is -0.493 e. The molecule has 5 rings (SSSR count). The van der Waals surface area contributed by atoms with Gasteiger partial charge in [0.25, 0.3) is 5.91 Å². The zero-order valence-corrected chi connectivity index (χ0v) is 24.0. The first-order valence-corrected chi connectivity index (χ1v) is 14.3. The number of hydrogen-bond acceptors (Lipinski definition) is 8. The molecule has 2 aliphatic heterocycles. The number of likely N-dealkylation sites (tertiary alicyclic amines) is 1. The third-order valence-electron chi connectivity index (χ3n) is 7.43. The lowest BCUT2D eigenvalue weighted by atomic mass is 10.0. The van der Waals surface area contributed by atoms with Crippen LogP contribution < -0.4 is 24.8 Å². The average molecular weight is 595 g/mol. The average Bonchev–Trinajstić information content (AvgIpc) is 3.51. The van der Waals surface area contributed by atoms with E-state index in [1.54, 1.807) is 34.1 Å². The summed E-state index contributed by atoms with van der Waals surface area (Å²) in [5.74, 6) is -0.0426. The first kappa shape index (κ1) is 29.8. The molecule has 0 aliphatic carbocycles. The lowest BCUT2D eigenvalue weighted by molar-refractivity contribution is -0.135. The van der Waals surface area contributed by atoms with Crippen molar-refractivity contribution >= 4 is 17.7 Å². The van der Waals surface area contributed by atoms with Crippen molar-refractivity contribution < 1.29 is 33.0 Å². The monoisotopic (exact) mass is 594 g/mol. The quantitative estimate of drug-likeness (QED) is 0.458. The standard InChI is InChI=1S/C30H35FN6O6/c1-41-26-6-4-20-5-7-28(38)33-15-21-11-22(31)14-23(12-21)43-25-8-10-36(30(40)3-2-9-37-19-32-18-34-37)16-24(25)35-29(39)17-42-27(26)13-20/h4,6,11-14,18-19,24-25H,2-3,5,7-10,15-17H2,1H3,(H,33,38)(H,35,39)/t24-,25-/m1/s1. The molecule has 4 bridgehead atoms. The Morgan fingerprint density at radius 3 is 2.84 bits per heavy atom. The highest BCUT2D eigenvalue weighted by atomic mass is 19.1. The molecule has 2 atom stereocenters. The maximum Gasteiger partial charge on any atom is 0.258 e. The van der Waals surface area contributed by atoms with Gasteiger partial charge in [0, 0.05) is 51.5 Å². The van der Waals surface area contributed by atoms with Gasteiger partial charge in [-0.3, -0.25) is 19.1 Å². The molecule has 3 amide bonds. The smallest absolute Gasteiger partial charge is 0.258 e. The van der Waals surface area contributed by atoms with Crippen LogP contribution in [0.1, 0.15) is 36.8 Å². The first-order valence-electron chi connectivity index (χ1n) is 14.3. The number of hydrogen-bond donors (Lipinski definition) is 2. The van der Waals surface area contributed by atoms with Crippen LogP contribution in [0.3, 0.4) is 0 Å². The Morgan fingerprint density at radius 2 is 2.02 bits per heavy atom. The summed E-state index contributed by atoms with van der Waals surface area (Å²) in [7, 11) is 1.51. The maximum atomic E-state index is 14.5. The van der Waals surface area contributed by atoms with Gasteiger partial charge in [0.15, 0.2) is 18.1 Å². The third-order valence-corrected chi connectivity index (χ3v) is 7.43. The Labute approximate surface area is 248 Å². The topological polar surface area (TPSA) is 137 Å². The van der Waals surface area contributed by atoms with Crippen LogP contribution in [0.15, 0.2) is 49.1 Å². The summed E-state index contributed by atoms with van der Waals surface area (Å²) in [5.41, 5.74) is 1.38. The molecule has 0 radical (unpaired) electrons. The van der Waals surface area contributed by atoms with Crippen LogP contribution in [0.4, 0.5) is 4.39 Å². The van der Waals surface area contributed by atoms with Crippen molar-refractivity contribution in [3.05, 3.63) is 66.0 Å². The number of carbonyl (C=O) groups excluding carboxylic acids is 3. The molecule has 1 fully saturated rings. The summed E-state index contributed by atoms with van der Waals surface area (Å²) in [6.07, 6.45) is 4.47. The maximum absolute atomic E-state index is 14.5. The summed E-state index contributed by atoms with van der Waals surface area (Å²) in [6, 6.07) is 9.01. The van der Waals surface area contributed by atoms with Gasteiger partial charge in [-0.15, -0.1) is 0 Å². The van der Waals surface area contributed by atoms with Gasteiger partial charge in [-0.1, -0.05) is 6.07 Å². The molecular weight excluding hydrogens is 559 g/mol. The minimum absolute atomic E-state index is 0.0474. The fourth-order valence-electron chi connectivity index (χ4n) is 5.23. The fourth-order valence-corrected chi connectivity index (χ4v) is 5.23. The molecule has 1 aromatic heterocycles. The number of nitrogens with one attached hydrogen (secondary N) is 2. The van der Waals surface area contributed by atoms with Gasteiger partial charge in [-0.25, -0.2) is 9.37 Å². The largest absolute Gasteiger partial charge is 0.493 e. The van der Waals surface area contributed by atoms with Crippen LogP contribution in [-0.4, -0.2) is 76.3 Å². The van der Waals surface area contributed by atoms with Crippen molar-refractivity contribution in [2.45, 2.75) is 57.3 Å². The van der Waals surface area contributed by atoms with Crippen LogP contribution in [0.5, 0.6) is 17.2 Å². The van der Waals surface area contributed by atoms with Crippen molar-refractivity contribution in [1.29, 1.82) is 0 Å². The molecule has 43 heavy (non-hydrogen) atoms. The van der Waals surface area contributed by atoms with E-state index in [1.807, 2.05) is 6.07 Å². The number of fused-ring (bicyclic) bond motifs is 5. The van der Waals surface area contributed by atoms with Crippen LogP contribution in [0.25, 0.3) is 0 Å². The molecule has 2 N–H and O–H groups in total. The number of methoxy groups -OCH3 is 1. The highest BCUT2D eigenvalue weighted by molar-refractivity contribution is 5.79. The number of ether oxygens (including phenoxy) is 3. The number of halogens is 1. The first-order chi connectivity index (χ1) is 20.9. The van der Waals surface area contributed by atoms with Crippen molar-refractivity contribution in [1.82, 2.24) is 30.3 Å². The molecular formula is C30H35FN6O6. The molecule has 2 aromatic carbocycles. The predicted molar refractivity (Wildman–Crippen MR) is 152 cm³/mol. The van der Waals surface area contributed by atoms with Crippen LogP contribution >= 0.6 is 0 Å². The van der Waals surface area contributed by atoms with E-state index in [-0.39, 0.29) is 43.7 Å². The summed E-state index contributed by atoms with van der Waals surface area (Å²) in [6.45, 7) is 1.02. The van der Waals surface area contributed by atoms with E-state index in [4.69, 9.17) is 14.2 Å². The summed E-state index contributed by atoms with van der Waals surface area (Å²) in [4.78, 5) is 44.3. The Kier molecular flexibility index (Phi) is 9.70. The number of aryl methyl sites for hydroxylation is 2. The SMILES string of the molecule is COc1ccc2cc1OCC(=O)N[C@@H]1CN(C(=O)CCCn3cncn3)CC[C@H]1Oc1cc(F)cc(c1)CNC(=O)CC2. The molecule has 0 unspecified atom stereocenters. The summed E-state index contributed by atoms with van der Waals surface area (Å²) < 4.78 is 33.6. The molecule has 2 aliphatic rings. The molecule has 0 spiro atoms. The second kappa shape index (κ2) is 14.0. The lowest BCUT2D eigenvalue weighted by Crippen LogP contribution is -2.58. The van der Waals surface area contributed by atoms with E-state index < -0.39 is 23.9 Å². The molecule has 0 saturated carbocycles. The van der Waals surface area contributed by atoms with Gasteiger partial charge in [0.05, 0.1) is 13.2 Å². The second-order valence-electron chi connectivity index (χ2n) is 10.6. The Morgan fingerprint density at radius 1 is 1.14 bits per heavy atom. The van der Waals surface area contributed by atoms with Gasteiger partial charge >= 0.3 is 0 Å². The lowest BCUT2D eigenvalue weighted by Gasteiger charge is -2.39. The number of benzene rings is 2. The van der Waals surface area contributed by atoms with Gasteiger partial charge in [0.1, 0.15) is 30.3 Å². The van der Waals surface area contributed by atoms with Crippen molar-refractivity contribution in [3.8, 4) is 17.2 Å². The number of carbonyl (C=O) groups is 3. The van der Waals surface area contributed by atoms with E-state index >= 15 is 0 Å². The van der Waals surface area contributed by atoms with Gasteiger partial charge in [0.2, 0.25) is 11.8 Å². The zero-order chi connectivity index (χ0) is 30.2. The molecule has 12 nitrogen and oxygen atoms in total. The Hall–Kier alpha value is -4.68. The molecule has 1 saturated heterocycles. The molecule has 228 valence electrons. The number of rotatable bonds is 5. The van der Waals surface area contributed by atoms with Gasteiger partial charge in [-0.05, 0) is 48.2 Å². The summed E-state index contributed by atoms with van der Waals surface area (Å²) >= 11 is 0. The van der Waals surface area contributed by atoms with E-state index in [2.05, 4.69) is 20.7 Å². The molecule has 3 heterocycles. The Bertz CT molecular complexity index is 1430. The molecule has 13 heteroatoms. The normalized spacial score (nSPS) is 19.4. The zero-order valence-electron chi connectivity index (χ0n) is 24.0. The summed E-state index contributed by atoms with van der Waals surface area (Å²) in [5, 5.41) is 9.86. The number of aromatic nitrogens is 3. The Balaban J connectivity index is 1.34. The predicted octanol–water partition coefficient (Wildman–Crippen LogP) is 2.01.